The Morgan fingerprint density at radius 1 is 1.10 bits per heavy atom. The minimum absolute atomic E-state index is 0.0310. The van der Waals surface area contributed by atoms with Crippen molar-refractivity contribution in [1.82, 2.24) is 5.32 Å². The van der Waals surface area contributed by atoms with E-state index in [9.17, 15) is 4.79 Å². The van der Waals surface area contributed by atoms with E-state index < -0.39 is 0 Å². The minimum Gasteiger partial charge on any atom is -0.345 e. The maximum absolute atomic E-state index is 12.5. The van der Waals surface area contributed by atoms with Gasteiger partial charge >= 0.3 is 0 Å². The minimum atomic E-state index is 0.0310. The maximum atomic E-state index is 12.5. The zero-order valence-electron chi connectivity index (χ0n) is 12.6. The fourth-order valence-electron chi connectivity index (χ4n) is 3.25. The Morgan fingerprint density at radius 3 is 2.57 bits per heavy atom. The van der Waals surface area contributed by atoms with E-state index >= 15 is 0 Å². The summed E-state index contributed by atoms with van der Waals surface area (Å²) in [6.45, 7) is 4.05. The molecule has 1 amide bonds. The van der Waals surface area contributed by atoms with Gasteiger partial charge in [-0.3, -0.25) is 4.79 Å². The molecule has 0 saturated carbocycles. The van der Waals surface area contributed by atoms with Crippen LogP contribution in [0, 0.1) is 13.8 Å². The summed E-state index contributed by atoms with van der Waals surface area (Å²) in [4.78, 5) is 12.5. The third kappa shape index (κ3) is 2.99. The summed E-state index contributed by atoms with van der Waals surface area (Å²) in [5.41, 5.74) is 5.67. The average Bonchev–Trinajstić information content (AvgIpc) is 2.46. The van der Waals surface area contributed by atoms with Crippen LogP contribution in [-0.2, 0) is 6.42 Å². The number of hydrogen-bond acceptors (Lipinski definition) is 1. The Balaban J connectivity index is 1.82. The Bertz CT molecular complexity index is 655. The highest BCUT2D eigenvalue weighted by Gasteiger charge is 2.21. The van der Waals surface area contributed by atoms with Gasteiger partial charge in [0.05, 0.1) is 6.04 Å². The molecule has 3 rings (SSSR count). The molecule has 0 fully saturated rings. The lowest BCUT2D eigenvalue weighted by molar-refractivity contribution is 0.0932. The molecule has 21 heavy (non-hydrogen) atoms. The zero-order valence-corrected chi connectivity index (χ0v) is 12.6. The first-order chi connectivity index (χ1) is 10.1. The first-order valence-corrected chi connectivity index (χ1v) is 7.60. The molecule has 0 radical (unpaired) electrons. The van der Waals surface area contributed by atoms with Crippen LogP contribution in [0.25, 0.3) is 0 Å². The molecule has 0 spiro atoms. The number of fused-ring (bicyclic) bond motifs is 1. The van der Waals surface area contributed by atoms with E-state index in [1.165, 1.54) is 11.1 Å². The van der Waals surface area contributed by atoms with E-state index in [0.29, 0.717) is 0 Å². The van der Waals surface area contributed by atoms with Crippen molar-refractivity contribution in [3.63, 3.8) is 0 Å². The van der Waals surface area contributed by atoms with Crippen LogP contribution < -0.4 is 5.32 Å². The Hall–Kier alpha value is -2.09. The topological polar surface area (TPSA) is 29.1 Å². The Morgan fingerprint density at radius 2 is 1.81 bits per heavy atom. The molecule has 1 aliphatic carbocycles. The van der Waals surface area contributed by atoms with Crippen molar-refractivity contribution in [1.29, 1.82) is 0 Å². The fraction of sp³-hybridized carbons (Fsp3) is 0.316. The molecule has 0 unspecified atom stereocenters. The van der Waals surface area contributed by atoms with Crippen LogP contribution in [-0.4, -0.2) is 5.91 Å². The highest BCUT2D eigenvalue weighted by molar-refractivity contribution is 5.94. The van der Waals surface area contributed by atoms with Crippen LogP contribution in [0.15, 0.2) is 42.5 Å². The first kappa shape index (κ1) is 13.9. The number of benzene rings is 2. The second-order valence-electron chi connectivity index (χ2n) is 5.99. The van der Waals surface area contributed by atoms with Crippen molar-refractivity contribution in [2.24, 2.45) is 0 Å². The van der Waals surface area contributed by atoms with Crippen molar-refractivity contribution in [3.8, 4) is 0 Å². The number of carbonyl (C=O) groups is 1. The second kappa shape index (κ2) is 5.72. The van der Waals surface area contributed by atoms with Gasteiger partial charge in [0.2, 0.25) is 0 Å². The second-order valence-corrected chi connectivity index (χ2v) is 5.99. The molecule has 2 heteroatoms. The van der Waals surface area contributed by atoms with Crippen molar-refractivity contribution >= 4 is 5.91 Å². The molecule has 108 valence electrons. The number of aryl methyl sites for hydroxylation is 3. The number of rotatable bonds is 2. The summed E-state index contributed by atoms with van der Waals surface area (Å²) >= 11 is 0. The predicted molar refractivity (Wildman–Crippen MR) is 85.5 cm³/mol. The Labute approximate surface area is 126 Å². The molecular formula is C19H21NO. The van der Waals surface area contributed by atoms with Crippen LogP contribution in [0.3, 0.4) is 0 Å². The maximum Gasteiger partial charge on any atom is 0.251 e. The highest BCUT2D eigenvalue weighted by atomic mass is 16.1. The smallest absolute Gasteiger partial charge is 0.251 e. The molecule has 1 N–H and O–H groups in total. The summed E-state index contributed by atoms with van der Waals surface area (Å²) in [5, 5.41) is 3.21. The molecule has 2 aromatic carbocycles. The monoisotopic (exact) mass is 279 g/mol. The lowest BCUT2D eigenvalue weighted by Gasteiger charge is -2.26. The van der Waals surface area contributed by atoms with Crippen molar-refractivity contribution < 1.29 is 4.79 Å². The lowest BCUT2D eigenvalue weighted by Crippen LogP contribution is -2.31. The number of amides is 1. The van der Waals surface area contributed by atoms with Gasteiger partial charge in [-0.1, -0.05) is 41.5 Å². The summed E-state index contributed by atoms with van der Waals surface area (Å²) < 4.78 is 0. The quantitative estimate of drug-likeness (QED) is 0.880. The van der Waals surface area contributed by atoms with Crippen molar-refractivity contribution in [2.45, 2.75) is 39.2 Å². The van der Waals surface area contributed by atoms with Gasteiger partial charge in [0, 0.05) is 5.56 Å². The average molecular weight is 279 g/mol. The van der Waals surface area contributed by atoms with E-state index in [2.05, 4.69) is 35.6 Å². The number of hydrogen-bond donors (Lipinski definition) is 1. The standard InChI is InChI=1S/C19H21NO/c1-13-10-14(2)12-16(11-13)19(21)20-18-9-5-7-15-6-3-4-8-17(15)18/h3-4,6,8,10-12,18H,5,7,9H2,1-2H3,(H,20,21)/t18-/m0/s1. The SMILES string of the molecule is Cc1cc(C)cc(C(=O)N[C@H]2CCCc3ccccc32)c1. The van der Waals surface area contributed by atoms with Gasteiger partial charge in [0.15, 0.2) is 0 Å². The van der Waals surface area contributed by atoms with Gasteiger partial charge in [0.25, 0.3) is 5.91 Å². The van der Waals surface area contributed by atoms with Gasteiger partial charge in [-0.05, 0) is 56.4 Å². The normalized spacial score (nSPS) is 17.1. The molecule has 0 aromatic heterocycles. The molecular weight excluding hydrogens is 258 g/mol. The van der Waals surface area contributed by atoms with E-state index in [-0.39, 0.29) is 11.9 Å². The third-order valence-corrected chi connectivity index (χ3v) is 4.16. The van der Waals surface area contributed by atoms with Crippen LogP contribution in [0.5, 0.6) is 0 Å². The van der Waals surface area contributed by atoms with E-state index in [4.69, 9.17) is 0 Å². The van der Waals surface area contributed by atoms with Gasteiger partial charge < -0.3 is 5.32 Å². The van der Waals surface area contributed by atoms with Crippen molar-refractivity contribution in [3.05, 3.63) is 70.3 Å². The van der Waals surface area contributed by atoms with Gasteiger partial charge in [-0.25, -0.2) is 0 Å². The predicted octanol–water partition coefficient (Wildman–Crippen LogP) is 4.11. The molecule has 1 atom stereocenters. The summed E-state index contributed by atoms with van der Waals surface area (Å²) in [7, 11) is 0. The summed E-state index contributed by atoms with van der Waals surface area (Å²) in [5.74, 6) is 0.0310. The molecule has 0 aliphatic heterocycles. The van der Waals surface area contributed by atoms with Crippen LogP contribution in [0.2, 0.25) is 0 Å². The van der Waals surface area contributed by atoms with Gasteiger partial charge in [-0.15, -0.1) is 0 Å². The largest absolute Gasteiger partial charge is 0.345 e. The molecule has 0 heterocycles. The first-order valence-electron chi connectivity index (χ1n) is 7.60. The van der Waals surface area contributed by atoms with E-state index in [0.717, 1.165) is 36.0 Å². The zero-order chi connectivity index (χ0) is 14.8. The van der Waals surface area contributed by atoms with Gasteiger partial charge in [-0.2, -0.15) is 0 Å². The molecule has 2 nitrogen and oxygen atoms in total. The van der Waals surface area contributed by atoms with Gasteiger partial charge in [0.1, 0.15) is 0 Å². The summed E-state index contributed by atoms with van der Waals surface area (Å²) in [6, 6.07) is 14.6. The molecule has 0 saturated heterocycles. The molecule has 2 aromatic rings. The third-order valence-electron chi connectivity index (χ3n) is 4.16. The fourth-order valence-corrected chi connectivity index (χ4v) is 3.25. The van der Waals surface area contributed by atoms with E-state index in [1.54, 1.807) is 0 Å². The summed E-state index contributed by atoms with van der Waals surface area (Å²) in [6.07, 6.45) is 3.27. The number of nitrogens with one attached hydrogen (secondary N) is 1. The van der Waals surface area contributed by atoms with Crippen LogP contribution >= 0.6 is 0 Å². The Kier molecular flexibility index (Phi) is 3.78. The lowest BCUT2D eigenvalue weighted by atomic mass is 9.87. The van der Waals surface area contributed by atoms with Crippen LogP contribution in [0.1, 0.15) is 51.5 Å². The highest BCUT2D eigenvalue weighted by Crippen LogP contribution is 2.29. The van der Waals surface area contributed by atoms with Crippen molar-refractivity contribution in [2.75, 3.05) is 0 Å². The van der Waals surface area contributed by atoms with Crippen LogP contribution in [0.4, 0.5) is 0 Å². The molecule has 1 aliphatic rings. The van der Waals surface area contributed by atoms with E-state index in [1.807, 2.05) is 26.0 Å². The number of carbonyl (C=O) groups excluding carboxylic acids is 1. The molecule has 0 bridgehead atoms.